The van der Waals surface area contributed by atoms with Gasteiger partial charge in [-0.3, -0.25) is 0 Å². The molecule has 0 aliphatic heterocycles. The molecule has 0 N–H and O–H groups in total. The number of halogens is 1. The number of hydrogen-bond acceptors (Lipinski definition) is 0. The molecule has 0 saturated heterocycles. The highest BCUT2D eigenvalue weighted by molar-refractivity contribution is 6.28. The minimum Gasteiger partial charge on any atom is -0.104 e. The summed E-state index contributed by atoms with van der Waals surface area (Å²) in [5.74, 6) is 0. The Balaban J connectivity index is 2.11. The van der Waals surface area contributed by atoms with Gasteiger partial charge in [-0.05, 0) is 47.6 Å². The zero-order valence-corrected chi connectivity index (χ0v) is 15.8. The Bertz CT molecular complexity index is 805. The van der Waals surface area contributed by atoms with Gasteiger partial charge in [0.15, 0.2) is 0 Å². The second-order valence-electron chi connectivity index (χ2n) is 6.64. The fraction of sp³-hybridized carbons (Fsp3) is 0.250. The molecule has 1 atom stereocenters. The van der Waals surface area contributed by atoms with Crippen molar-refractivity contribution < 1.29 is 0 Å². The van der Waals surface area contributed by atoms with E-state index in [2.05, 4.69) is 86.6 Å². The lowest BCUT2D eigenvalue weighted by atomic mass is 9.82. The van der Waals surface area contributed by atoms with Crippen LogP contribution in [-0.4, -0.2) is 0 Å². The summed E-state index contributed by atoms with van der Waals surface area (Å²) in [4.78, 5) is -0.671. The van der Waals surface area contributed by atoms with Gasteiger partial charge in [0.1, 0.15) is 4.87 Å². The first kappa shape index (κ1) is 17.8. The minimum atomic E-state index is -0.671. The van der Waals surface area contributed by atoms with Gasteiger partial charge >= 0.3 is 0 Å². The smallest absolute Gasteiger partial charge is 0.104 e. The van der Waals surface area contributed by atoms with Gasteiger partial charge in [-0.15, -0.1) is 11.6 Å². The standard InChI is InChI=1S/C24H25Cl/c1-3-4-11-20-15-17-22(18-16-20)24(25,21-12-6-5-7-13-21)23-14-9-8-10-19(23)2/h5-10,12-18H,3-4,11H2,1-2H3. The molecule has 3 aromatic carbocycles. The lowest BCUT2D eigenvalue weighted by molar-refractivity contribution is 0.793. The first-order valence-electron chi connectivity index (χ1n) is 9.06. The van der Waals surface area contributed by atoms with Crippen LogP contribution in [0.2, 0.25) is 0 Å². The Labute approximate surface area is 156 Å². The van der Waals surface area contributed by atoms with E-state index < -0.39 is 4.87 Å². The summed E-state index contributed by atoms with van der Waals surface area (Å²) < 4.78 is 0. The molecular weight excluding hydrogens is 324 g/mol. The van der Waals surface area contributed by atoms with Crippen LogP contribution >= 0.6 is 11.6 Å². The highest BCUT2D eigenvalue weighted by atomic mass is 35.5. The third kappa shape index (κ3) is 3.65. The fourth-order valence-electron chi connectivity index (χ4n) is 3.39. The van der Waals surface area contributed by atoms with Crippen molar-refractivity contribution in [3.8, 4) is 0 Å². The van der Waals surface area contributed by atoms with Crippen LogP contribution in [0.25, 0.3) is 0 Å². The third-order valence-corrected chi connectivity index (χ3v) is 5.50. The molecule has 0 bridgehead atoms. The van der Waals surface area contributed by atoms with Gasteiger partial charge in [-0.1, -0.05) is 92.2 Å². The van der Waals surface area contributed by atoms with Gasteiger partial charge in [-0.25, -0.2) is 0 Å². The van der Waals surface area contributed by atoms with Crippen molar-refractivity contribution >= 4 is 11.6 Å². The molecule has 128 valence electrons. The zero-order valence-electron chi connectivity index (χ0n) is 15.0. The summed E-state index contributed by atoms with van der Waals surface area (Å²) in [7, 11) is 0. The molecule has 0 nitrogen and oxygen atoms in total. The van der Waals surface area contributed by atoms with Crippen molar-refractivity contribution in [2.45, 2.75) is 38.0 Å². The first-order valence-corrected chi connectivity index (χ1v) is 9.44. The van der Waals surface area contributed by atoms with Gasteiger partial charge in [0.25, 0.3) is 0 Å². The van der Waals surface area contributed by atoms with Crippen LogP contribution in [0, 0.1) is 6.92 Å². The van der Waals surface area contributed by atoms with Crippen molar-refractivity contribution in [3.05, 3.63) is 107 Å². The van der Waals surface area contributed by atoms with Crippen LogP contribution in [0.4, 0.5) is 0 Å². The lowest BCUT2D eigenvalue weighted by Crippen LogP contribution is -2.23. The molecule has 0 aromatic heterocycles. The van der Waals surface area contributed by atoms with Crippen LogP contribution in [-0.2, 0) is 11.3 Å². The normalized spacial score (nSPS) is 13.4. The average molecular weight is 349 g/mol. The highest BCUT2D eigenvalue weighted by Gasteiger charge is 2.34. The molecule has 0 spiro atoms. The molecule has 0 fully saturated rings. The summed E-state index contributed by atoms with van der Waals surface area (Å²) in [6.07, 6.45) is 3.57. The van der Waals surface area contributed by atoms with Crippen LogP contribution in [0.5, 0.6) is 0 Å². The van der Waals surface area contributed by atoms with Crippen molar-refractivity contribution in [2.75, 3.05) is 0 Å². The molecule has 0 radical (unpaired) electrons. The predicted molar refractivity (Wildman–Crippen MR) is 108 cm³/mol. The van der Waals surface area contributed by atoms with Gasteiger partial charge in [0.2, 0.25) is 0 Å². The molecule has 0 aliphatic rings. The van der Waals surface area contributed by atoms with E-state index in [-0.39, 0.29) is 0 Å². The first-order chi connectivity index (χ1) is 12.2. The van der Waals surface area contributed by atoms with E-state index >= 15 is 0 Å². The highest BCUT2D eigenvalue weighted by Crippen LogP contribution is 2.44. The Morgan fingerprint density at radius 2 is 1.36 bits per heavy atom. The molecule has 1 heteroatoms. The summed E-state index contributed by atoms with van der Waals surface area (Å²) >= 11 is 7.38. The van der Waals surface area contributed by atoms with E-state index in [1.54, 1.807) is 0 Å². The molecule has 0 heterocycles. The predicted octanol–water partition coefficient (Wildman–Crippen LogP) is 6.87. The monoisotopic (exact) mass is 348 g/mol. The number of benzene rings is 3. The van der Waals surface area contributed by atoms with E-state index in [0.717, 1.165) is 23.1 Å². The molecule has 3 rings (SSSR count). The molecule has 25 heavy (non-hydrogen) atoms. The minimum absolute atomic E-state index is 0.671. The number of hydrogen-bond donors (Lipinski definition) is 0. The number of rotatable bonds is 6. The van der Waals surface area contributed by atoms with Crippen molar-refractivity contribution in [1.29, 1.82) is 0 Å². The fourth-order valence-corrected chi connectivity index (χ4v) is 3.85. The Hall–Kier alpha value is -2.05. The lowest BCUT2D eigenvalue weighted by Gasteiger charge is -2.30. The Morgan fingerprint density at radius 1 is 0.760 bits per heavy atom. The number of aryl methyl sites for hydroxylation is 2. The van der Waals surface area contributed by atoms with Crippen molar-refractivity contribution in [1.82, 2.24) is 0 Å². The average Bonchev–Trinajstić information content (AvgIpc) is 2.67. The van der Waals surface area contributed by atoms with Gasteiger partial charge < -0.3 is 0 Å². The van der Waals surface area contributed by atoms with E-state index in [1.807, 2.05) is 6.07 Å². The SMILES string of the molecule is CCCCc1ccc(C(Cl)(c2ccccc2)c2ccccc2C)cc1. The Morgan fingerprint density at radius 3 is 2.00 bits per heavy atom. The van der Waals surface area contributed by atoms with E-state index in [0.29, 0.717) is 0 Å². The molecule has 0 aliphatic carbocycles. The summed E-state index contributed by atoms with van der Waals surface area (Å²) in [6, 6.07) is 27.6. The van der Waals surface area contributed by atoms with E-state index in [1.165, 1.54) is 24.0 Å². The maximum absolute atomic E-state index is 7.38. The number of unbranched alkanes of at least 4 members (excludes halogenated alkanes) is 1. The maximum Gasteiger partial charge on any atom is 0.120 e. The quantitative estimate of drug-likeness (QED) is 0.337. The van der Waals surface area contributed by atoms with Gasteiger partial charge in [-0.2, -0.15) is 0 Å². The topological polar surface area (TPSA) is 0 Å². The van der Waals surface area contributed by atoms with Crippen molar-refractivity contribution in [3.63, 3.8) is 0 Å². The molecule has 3 aromatic rings. The van der Waals surface area contributed by atoms with Crippen molar-refractivity contribution in [2.24, 2.45) is 0 Å². The second-order valence-corrected chi connectivity index (χ2v) is 7.21. The molecule has 0 amide bonds. The van der Waals surface area contributed by atoms with E-state index in [4.69, 9.17) is 11.6 Å². The maximum atomic E-state index is 7.38. The van der Waals surface area contributed by atoms with Gasteiger partial charge in [0.05, 0.1) is 0 Å². The second kappa shape index (κ2) is 7.89. The zero-order chi connectivity index (χ0) is 17.7. The summed E-state index contributed by atoms with van der Waals surface area (Å²) in [5.41, 5.74) is 5.95. The molecule has 1 unspecified atom stereocenters. The molecule has 0 saturated carbocycles. The largest absolute Gasteiger partial charge is 0.120 e. The Kier molecular flexibility index (Phi) is 5.60. The van der Waals surface area contributed by atoms with Crippen LogP contribution in [0.3, 0.4) is 0 Å². The molecular formula is C24H25Cl. The van der Waals surface area contributed by atoms with Gasteiger partial charge in [0, 0.05) is 0 Å². The summed E-state index contributed by atoms with van der Waals surface area (Å²) in [6.45, 7) is 4.36. The third-order valence-electron chi connectivity index (χ3n) is 4.86. The van der Waals surface area contributed by atoms with Crippen LogP contribution in [0.15, 0.2) is 78.9 Å². The van der Waals surface area contributed by atoms with Crippen LogP contribution < -0.4 is 0 Å². The van der Waals surface area contributed by atoms with Crippen LogP contribution in [0.1, 0.15) is 47.6 Å². The number of alkyl halides is 1. The summed E-state index contributed by atoms with van der Waals surface area (Å²) in [5, 5.41) is 0. The van der Waals surface area contributed by atoms with E-state index in [9.17, 15) is 0 Å².